The fourth-order valence-corrected chi connectivity index (χ4v) is 2.26. The molecule has 6 heteroatoms. The zero-order valence-electron chi connectivity index (χ0n) is 12.2. The molecule has 1 atom stereocenters. The Bertz CT molecular complexity index is 544. The molecule has 0 spiro atoms. The molecule has 0 radical (unpaired) electrons. The van der Waals surface area contributed by atoms with Crippen molar-refractivity contribution in [3.05, 3.63) is 30.3 Å². The summed E-state index contributed by atoms with van der Waals surface area (Å²) in [5.74, 6) is -0.670. The van der Waals surface area contributed by atoms with Crippen LogP contribution in [0.2, 0.25) is 0 Å². The summed E-state index contributed by atoms with van der Waals surface area (Å²) in [6, 6.07) is 7.92. The van der Waals surface area contributed by atoms with Crippen LogP contribution in [0.25, 0.3) is 0 Å². The largest absolute Gasteiger partial charge is 0.355 e. The maximum Gasteiger partial charge on any atom is 0.332 e. The predicted molar refractivity (Wildman–Crippen MR) is 78.8 cm³/mol. The normalized spacial score (nSPS) is 18.3. The summed E-state index contributed by atoms with van der Waals surface area (Å²) >= 11 is 0. The van der Waals surface area contributed by atoms with Crippen LogP contribution in [0.5, 0.6) is 0 Å². The van der Waals surface area contributed by atoms with Gasteiger partial charge in [0.25, 0.3) is 5.91 Å². The average Bonchev–Trinajstić information content (AvgIpc) is 2.70. The van der Waals surface area contributed by atoms with Crippen LogP contribution in [-0.2, 0) is 9.59 Å². The lowest BCUT2D eigenvalue weighted by Crippen LogP contribution is -2.41. The van der Waals surface area contributed by atoms with Crippen LogP contribution in [0.15, 0.2) is 30.3 Å². The average molecular weight is 289 g/mol. The SMILES string of the molecule is CCCNC(=O)CN1C(=O)C(C)N(c2ccccc2)C1=O. The zero-order valence-corrected chi connectivity index (χ0v) is 12.2. The molecule has 1 aromatic rings. The molecule has 0 aromatic heterocycles. The van der Waals surface area contributed by atoms with Crippen LogP contribution in [-0.4, -0.2) is 41.9 Å². The number of urea groups is 1. The number of anilines is 1. The number of carbonyl (C=O) groups excluding carboxylic acids is 3. The highest BCUT2D eigenvalue weighted by atomic mass is 16.2. The summed E-state index contributed by atoms with van der Waals surface area (Å²) in [5, 5.41) is 2.67. The first-order valence-corrected chi connectivity index (χ1v) is 7.02. The number of nitrogens with one attached hydrogen (secondary N) is 1. The van der Waals surface area contributed by atoms with Crippen molar-refractivity contribution in [2.24, 2.45) is 0 Å². The number of para-hydroxylation sites is 1. The molecule has 0 aliphatic carbocycles. The third-order valence-electron chi connectivity index (χ3n) is 3.36. The number of hydrogen-bond acceptors (Lipinski definition) is 3. The summed E-state index contributed by atoms with van der Waals surface area (Å²) in [6.07, 6.45) is 0.806. The smallest absolute Gasteiger partial charge is 0.332 e. The van der Waals surface area contributed by atoms with E-state index in [0.717, 1.165) is 11.3 Å². The first-order chi connectivity index (χ1) is 10.1. The summed E-state index contributed by atoms with van der Waals surface area (Å²) in [4.78, 5) is 38.7. The molecule has 1 N–H and O–H groups in total. The predicted octanol–water partition coefficient (Wildman–Crippen LogP) is 1.37. The Morgan fingerprint density at radius 3 is 2.52 bits per heavy atom. The molecular weight excluding hydrogens is 270 g/mol. The van der Waals surface area contributed by atoms with E-state index in [1.807, 2.05) is 13.0 Å². The monoisotopic (exact) mass is 289 g/mol. The van der Waals surface area contributed by atoms with Gasteiger partial charge < -0.3 is 5.32 Å². The van der Waals surface area contributed by atoms with Gasteiger partial charge in [0.1, 0.15) is 12.6 Å². The lowest BCUT2D eigenvalue weighted by atomic mass is 10.2. The second-order valence-corrected chi connectivity index (χ2v) is 4.94. The van der Waals surface area contributed by atoms with Crippen molar-refractivity contribution in [1.82, 2.24) is 10.2 Å². The molecule has 2 rings (SSSR count). The first kappa shape index (κ1) is 15.0. The maximum absolute atomic E-state index is 12.4. The summed E-state index contributed by atoms with van der Waals surface area (Å²) < 4.78 is 0. The molecule has 0 saturated carbocycles. The molecule has 1 aromatic carbocycles. The number of nitrogens with zero attached hydrogens (tertiary/aromatic N) is 2. The standard InChI is InChI=1S/C15H19N3O3/c1-3-9-16-13(19)10-17-14(20)11(2)18(15(17)21)12-7-5-4-6-8-12/h4-8,11H,3,9-10H2,1-2H3,(H,16,19). The molecule has 1 aliphatic heterocycles. The molecule has 112 valence electrons. The number of amides is 4. The van der Waals surface area contributed by atoms with Gasteiger partial charge >= 0.3 is 6.03 Å². The highest BCUT2D eigenvalue weighted by Crippen LogP contribution is 2.25. The Hall–Kier alpha value is -2.37. The lowest BCUT2D eigenvalue weighted by molar-refractivity contribution is -0.131. The molecule has 1 fully saturated rings. The highest BCUT2D eigenvalue weighted by molar-refractivity contribution is 6.15. The minimum Gasteiger partial charge on any atom is -0.355 e. The quantitative estimate of drug-likeness (QED) is 0.832. The Morgan fingerprint density at radius 2 is 1.90 bits per heavy atom. The summed E-state index contributed by atoms with van der Waals surface area (Å²) in [5.41, 5.74) is 0.653. The Kier molecular flexibility index (Phi) is 4.57. The lowest BCUT2D eigenvalue weighted by Gasteiger charge is -2.19. The van der Waals surface area contributed by atoms with Crippen molar-refractivity contribution >= 4 is 23.5 Å². The second kappa shape index (κ2) is 6.39. The number of rotatable bonds is 5. The van der Waals surface area contributed by atoms with Gasteiger partial charge in [-0.2, -0.15) is 0 Å². The van der Waals surface area contributed by atoms with Gasteiger partial charge in [-0.15, -0.1) is 0 Å². The minimum atomic E-state index is -0.598. The van der Waals surface area contributed by atoms with E-state index in [1.54, 1.807) is 31.2 Å². The van der Waals surface area contributed by atoms with Gasteiger partial charge in [-0.25, -0.2) is 4.79 Å². The van der Waals surface area contributed by atoms with Crippen LogP contribution in [0.4, 0.5) is 10.5 Å². The van der Waals surface area contributed by atoms with E-state index in [-0.39, 0.29) is 18.4 Å². The Balaban J connectivity index is 2.13. The van der Waals surface area contributed by atoms with Crippen LogP contribution in [0.1, 0.15) is 20.3 Å². The fourth-order valence-electron chi connectivity index (χ4n) is 2.26. The van der Waals surface area contributed by atoms with E-state index < -0.39 is 12.1 Å². The van der Waals surface area contributed by atoms with E-state index >= 15 is 0 Å². The van der Waals surface area contributed by atoms with E-state index in [1.165, 1.54) is 4.90 Å². The van der Waals surface area contributed by atoms with Gasteiger partial charge in [0.05, 0.1) is 0 Å². The van der Waals surface area contributed by atoms with Gasteiger partial charge in [-0.05, 0) is 25.5 Å². The van der Waals surface area contributed by atoms with Crippen LogP contribution in [0, 0.1) is 0 Å². The van der Waals surface area contributed by atoms with Crippen molar-refractivity contribution in [2.45, 2.75) is 26.3 Å². The highest BCUT2D eigenvalue weighted by Gasteiger charge is 2.43. The molecule has 1 unspecified atom stereocenters. The molecule has 1 saturated heterocycles. The Morgan fingerprint density at radius 1 is 1.24 bits per heavy atom. The van der Waals surface area contributed by atoms with Gasteiger partial charge in [-0.3, -0.25) is 19.4 Å². The number of carbonyl (C=O) groups is 3. The summed E-state index contributed by atoms with van der Waals surface area (Å²) in [7, 11) is 0. The topological polar surface area (TPSA) is 69.7 Å². The summed E-state index contributed by atoms with van der Waals surface area (Å²) in [6.45, 7) is 3.90. The number of hydrogen-bond donors (Lipinski definition) is 1. The molecular formula is C15H19N3O3. The van der Waals surface area contributed by atoms with Gasteiger partial charge in [-0.1, -0.05) is 25.1 Å². The van der Waals surface area contributed by atoms with Crippen LogP contribution < -0.4 is 10.2 Å². The number of imide groups is 1. The maximum atomic E-state index is 12.4. The van der Waals surface area contributed by atoms with Crippen molar-refractivity contribution in [2.75, 3.05) is 18.0 Å². The van der Waals surface area contributed by atoms with Crippen LogP contribution in [0.3, 0.4) is 0 Å². The molecule has 21 heavy (non-hydrogen) atoms. The molecule has 4 amide bonds. The zero-order chi connectivity index (χ0) is 15.4. The van der Waals surface area contributed by atoms with Crippen LogP contribution >= 0.6 is 0 Å². The third kappa shape index (κ3) is 3.04. The van der Waals surface area contributed by atoms with Crippen molar-refractivity contribution in [3.8, 4) is 0 Å². The molecule has 6 nitrogen and oxygen atoms in total. The van der Waals surface area contributed by atoms with Gasteiger partial charge in [0, 0.05) is 12.2 Å². The van der Waals surface area contributed by atoms with Gasteiger partial charge in [0.2, 0.25) is 5.91 Å². The van der Waals surface area contributed by atoms with Crippen molar-refractivity contribution in [3.63, 3.8) is 0 Å². The third-order valence-corrected chi connectivity index (χ3v) is 3.36. The first-order valence-electron chi connectivity index (χ1n) is 7.02. The van der Waals surface area contributed by atoms with Crippen molar-refractivity contribution < 1.29 is 14.4 Å². The van der Waals surface area contributed by atoms with E-state index in [2.05, 4.69) is 5.32 Å². The molecule has 0 bridgehead atoms. The van der Waals surface area contributed by atoms with Gasteiger partial charge in [0.15, 0.2) is 0 Å². The Labute approximate surface area is 123 Å². The van der Waals surface area contributed by atoms with E-state index in [9.17, 15) is 14.4 Å². The van der Waals surface area contributed by atoms with Crippen molar-refractivity contribution in [1.29, 1.82) is 0 Å². The number of benzene rings is 1. The second-order valence-electron chi connectivity index (χ2n) is 4.94. The minimum absolute atomic E-state index is 0.231. The molecule has 1 aliphatic rings. The van der Waals surface area contributed by atoms with E-state index in [0.29, 0.717) is 12.2 Å². The van der Waals surface area contributed by atoms with E-state index in [4.69, 9.17) is 0 Å². The fraction of sp³-hybridized carbons (Fsp3) is 0.400. The molecule has 1 heterocycles.